The normalized spacial score (nSPS) is 10.8. The third kappa shape index (κ3) is 3.37. The smallest absolute Gasteiger partial charge is 0.230 e. The predicted molar refractivity (Wildman–Crippen MR) is 83.4 cm³/mol. The monoisotopic (exact) mass is 320 g/mol. The Hall–Kier alpha value is -1.98. The summed E-state index contributed by atoms with van der Waals surface area (Å²) in [6.07, 6.45) is 0.106. The van der Waals surface area contributed by atoms with Crippen LogP contribution >= 0.6 is 22.9 Å². The SMILES string of the molecule is O=C(Cc1cccc(F)c1)Nc1nc2ccc(Cl)cc2s1. The van der Waals surface area contributed by atoms with E-state index in [1.165, 1.54) is 23.5 Å². The molecular formula is C15H10ClFN2OS. The largest absolute Gasteiger partial charge is 0.302 e. The van der Waals surface area contributed by atoms with Crippen LogP contribution in [0.1, 0.15) is 5.56 Å². The number of benzene rings is 2. The molecule has 0 aliphatic carbocycles. The van der Waals surface area contributed by atoms with Gasteiger partial charge < -0.3 is 5.32 Å². The van der Waals surface area contributed by atoms with Gasteiger partial charge in [-0.25, -0.2) is 9.37 Å². The fourth-order valence-corrected chi connectivity index (χ4v) is 3.11. The van der Waals surface area contributed by atoms with Gasteiger partial charge in [-0.3, -0.25) is 4.79 Å². The van der Waals surface area contributed by atoms with Gasteiger partial charge in [0.2, 0.25) is 5.91 Å². The molecule has 1 heterocycles. The van der Waals surface area contributed by atoms with E-state index >= 15 is 0 Å². The van der Waals surface area contributed by atoms with Crippen LogP contribution in [0, 0.1) is 5.82 Å². The molecule has 0 unspecified atom stereocenters. The molecule has 0 fully saturated rings. The Morgan fingerprint density at radius 3 is 2.95 bits per heavy atom. The summed E-state index contributed by atoms with van der Waals surface area (Å²) in [5.74, 6) is -0.583. The molecule has 1 aromatic heterocycles. The number of carbonyl (C=O) groups excluding carboxylic acids is 1. The number of hydrogen-bond acceptors (Lipinski definition) is 3. The van der Waals surface area contributed by atoms with Gasteiger partial charge >= 0.3 is 0 Å². The van der Waals surface area contributed by atoms with E-state index in [9.17, 15) is 9.18 Å². The van der Waals surface area contributed by atoms with Crippen molar-refractivity contribution in [2.75, 3.05) is 5.32 Å². The molecule has 2 aromatic carbocycles. The van der Waals surface area contributed by atoms with Gasteiger partial charge in [0.05, 0.1) is 16.6 Å². The molecule has 3 rings (SSSR count). The highest BCUT2D eigenvalue weighted by molar-refractivity contribution is 7.22. The summed E-state index contributed by atoms with van der Waals surface area (Å²) >= 11 is 7.26. The second-order valence-electron chi connectivity index (χ2n) is 4.49. The zero-order valence-electron chi connectivity index (χ0n) is 10.8. The first-order chi connectivity index (χ1) is 10.1. The second-order valence-corrected chi connectivity index (χ2v) is 5.95. The number of nitrogens with zero attached hydrogens (tertiary/aromatic N) is 1. The maximum Gasteiger partial charge on any atom is 0.230 e. The number of fused-ring (bicyclic) bond motifs is 1. The van der Waals surface area contributed by atoms with Crippen molar-refractivity contribution in [3.05, 3.63) is 58.9 Å². The van der Waals surface area contributed by atoms with Gasteiger partial charge in [0.15, 0.2) is 5.13 Å². The van der Waals surface area contributed by atoms with Gasteiger partial charge in [0, 0.05) is 5.02 Å². The van der Waals surface area contributed by atoms with Crippen molar-refractivity contribution >= 4 is 44.2 Å². The van der Waals surface area contributed by atoms with E-state index in [0.717, 1.165) is 10.2 Å². The number of hydrogen-bond donors (Lipinski definition) is 1. The number of halogens is 2. The highest BCUT2D eigenvalue weighted by Crippen LogP contribution is 2.28. The van der Waals surface area contributed by atoms with Crippen LogP contribution in [0.2, 0.25) is 5.02 Å². The predicted octanol–water partition coefficient (Wildman–Crippen LogP) is 4.27. The van der Waals surface area contributed by atoms with Crippen molar-refractivity contribution in [1.29, 1.82) is 0 Å². The summed E-state index contributed by atoms with van der Waals surface area (Å²) in [7, 11) is 0. The summed E-state index contributed by atoms with van der Waals surface area (Å²) in [4.78, 5) is 16.3. The van der Waals surface area contributed by atoms with Gasteiger partial charge in [0.1, 0.15) is 5.82 Å². The Balaban J connectivity index is 1.74. The van der Waals surface area contributed by atoms with Crippen molar-refractivity contribution in [3.63, 3.8) is 0 Å². The van der Waals surface area contributed by atoms with E-state index in [1.54, 1.807) is 30.3 Å². The van der Waals surface area contributed by atoms with Gasteiger partial charge in [-0.15, -0.1) is 0 Å². The molecule has 0 aliphatic rings. The molecule has 21 heavy (non-hydrogen) atoms. The molecule has 0 aliphatic heterocycles. The van der Waals surface area contributed by atoms with Crippen molar-refractivity contribution < 1.29 is 9.18 Å². The second kappa shape index (κ2) is 5.79. The van der Waals surface area contributed by atoms with E-state index in [-0.39, 0.29) is 18.1 Å². The number of aromatic nitrogens is 1. The van der Waals surface area contributed by atoms with Crippen LogP contribution in [-0.4, -0.2) is 10.9 Å². The van der Waals surface area contributed by atoms with E-state index in [1.807, 2.05) is 0 Å². The average molecular weight is 321 g/mol. The molecular weight excluding hydrogens is 311 g/mol. The van der Waals surface area contributed by atoms with Crippen LogP contribution in [0.4, 0.5) is 9.52 Å². The zero-order valence-corrected chi connectivity index (χ0v) is 12.3. The van der Waals surface area contributed by atoms with E-state index in [2.05, 4.69) is 10.3 Å². The van der Waals surface area contributed by atoms with Gasteiger partial charge in [-0.05, 0) is 35.9 Å². The fourth-order valence-electron chi connectivity index (χ4n) is 1.95. The summed E-state index contributed by atoms with van der Waals surface area (Å²) in [6.45, 7) is 0. The van der Waals surface area contributed by atoms with Crippen molar-refractivity contribution in [1.82, 2.24) is 4.98 Å². The Labute approximate surface area is 129 Å². The third-order valence-electron chi connectivity index (χ3n) is 2.85. The van der Waals surface area contributed by atoms with Gasteiger partial charge in [-0.1, -0.05) is 35.1 Å². The topological polar surface area (TPSA) is 42.0 Å². The minimum atomic E-state index is -0.352. The number of anilines is 1. The Morgan fingerprint density at radius 2 is 2.14 bits per heavy atom. The number of carbonyl (C=O) groups is 1. The van der Waals surface area contributed by atoms with Crippen LogP contribution in [0.5, 0.6) is 0 Å². The minimum Gasteiger partial charge on any atom is -0.302 e. The summed E-state index contributed by atoms with van der Waals surface area (Å²) in [5.41, 5.74) is 1.40. The summed E-state index contributed by atoms with van der Waals surface area (Å²) in [6, 6.07) is 11.3. The first-order valence-electron chi connectivity index (χ1n) is 6.20. The standard InChI is InChI=1S/C15H10ClFN2OS/c16-10-4-5-12-13(8-10)21-15(18-12)19-14(20)7-9-2-1-3-11(17)6-9/h1-6,8H,7H2,(H,18,19,20). The molecule has 1 N–H and O–H groups in total. The van der Waals surface area contributed by atoms with Gasteiger partial charge in [-0.2, -0.15) is 0 Å². The molecule has 3 nitrogen and oxygen atoms in total. The van der Waals surface area contributed by atoms with Crippen LogP contribution in [0.25, 0.3) is 10.2 Å². The maximum atomic E-state index is 13.1. The van der Waals surface area contributed by atoms with Crippen LogP contribution in [0.3, 0.4) is 0 Å². The molecule has 6 heteroatoms. The lowest BCUT2D eigenvalue weighted by molar-refractivity contribution is -0.115. The molecule has 3 aromatic rings. The lowest BCUT2D eigenvalue weighted by Gasteiger charge is -2.01. The highest BCUT2D eigenvalue weighted by Gasteiger charge is 2.09. The molecule has 106 valence electrons. The number of rotatable bonds is 3. The van der Waals surface area contributed by atoms with Crippen LogP contribution < -0.4 is 5.32 Å². The number of nitrogens with one attached hydrogen (secondary N) is 1. The quantitative estimate of drug-likeness (QED) is 0.783. The van der Waals surface area contributed by atoms with Crippen molar-refractivity contribution in [2.24, 2.45) is 0 Å². The molecule has 0 radical (unpaired) electrons. The molecule has 0 spiro atoms. The van der Waals surface area contributed by atoms with Crippen molar-refractivity contribution in [3.8, 4) is 0 Å². The Bertz CT molecular complexity index is 818. The highest BCUT2D eigenvalue weighted by atomic mass is 35.5. The minimum absolute atomic E-state index is 0.106. The van der Waals surface area contributed by atoms with E-state index in [0.29, 0.717) is 15.7 Å². The zero-order chi connectivity index (χ0) is 14.8. The number of thiazole rings is 1. The number of amides is 1. The molecule has 0 saturated carbocycles. The van der Waals surface area contributed by atoms with Crippen LogP contribution in [0.15, 0.2) is 42.5 Å². The first-order valence-corrected chi connectivity index (χ1v) is 7.40. The maximum absolute atomic E-state index is 13.1. The summed E-state index contributed by atoms with van der Waals surface area (Å²) in [5, 5.41) is 3.86. The Morgan fingerprint density at radius 1 is 1.29 bits per heavy atom. The van der Waals surface area contributed by atoms with Crippen LogP contribution in [-0.2, 0) is 11.2 Å². The Kier molecular flexibility index (Phi) is 3.86. The molecule has 1 amide bonds. The first kappa shape index (κ1) is 14.0. The lowest BCUT2D eigenvalue weighted by Crippen LogP contribution is -2.14. The van der Waals surface area contributed by atoms with E-state index in [4.69, 9.17) is 11.6 Å². The lowest BCUT2D eigenvalue weighted by atomic mass is 10.1. The molecule has 0 saturated heterocycles. The molecule has 0 bridgehead atoms. The summed E-state index contributed by atoms with van der Waals surface area (Å²) < 4.78 is 14.0. The van der Waals surface area contributed by atoms with Crippen molar-refractivity contribution in [2.45, 2.75) is 6.42 Å². The molecule has 0 atom stereocenters. The van der Waals surface area contributed by atoms with E-state index < -0.39 is 0 Å². The third-order valence-corrected chi connectivity index (χ3v) is 4.02. The fraction of sp³-hybridized carbons (Fsp3) is 0.0667. The van der Waals surface area contributed by atoms with Gasteiger partial charge in [0.25, 0.3) is 0 Å². The average Bonchev–Trinajstić information content (AvgIpc) is 2.79.